The van der Waals surface area contributed by atoms with E-state index in [1.54, 1.807) is 12.4 Å². The first-order valence-corrected chi connectivity index (χ1v) is 7.52. The molecule has 22 heavy (non-hydrogen) atoms. The number of carbonyl (C=O) groups excluding carboxylic acids is 1. The van der Waals surface area contributed by atoms with Crippen LogP contribution in [0.15, 0.2) is 41.3 Å². The van der Waals surface area contributed by atoms with Crippen LogP contribution in [-0.2, 0) is 17.6 Å². The number of nitrogens with zero attached hydrogens (tertiary/aromatic N) is 2. The van der Waals surface area contributed by atoms with Crippen LogP contribution in [0.25, 0.3) is 6.08 Å². The zero-order valence-electron chi connectivity index (χ0n) is 12.1. The van der Waals surface area contributed by atoms with E-state index >= 15 is 0 Å². The lowest BCUT2D eigenvalue weighted by atomic mass is 9.98. The second kappa shape index (κ2) is 5.26. The fourth-order valence-corrected chi connectivity index (χ4v) is 3.05. The Morgan fingerprint density at radius 3 is 2.95 bits per heavy atom. The highest BCUT2D eigenvalue weighted by Gasteiger charge is 2.24. The van der Waals surface area contributed by atoms with Crippen LogP contribution in [0.2, 0.25) is 0 Å². The third-order valence-electron chi connectivity index (χ3n) is 4.14. The number of carbonyl (C=O) groups is 1. The summed E-state index contributed by atoms with van der Waals surface area (Å²) in [6.07, 6.45) is 9.98. The van der Waals surface area contributed by atoms with E-state index in [-0.39, 0.29) is 5.91 Å². The second-order valence-electron chi connectivity index (χ2n) is 5.64. The van der Waals surface area contributed by atoms with Crippen molar-refractivity contribution in [1.29, 1.82) is 0 Å². The minimum Gasteiger partial charge on any atom is -0.359 e. The molecule has 5 heteroatoms. The van der Waals surface area contributed by atoms with Gasteiger partial charge in [0.1, 0.15) is 5.71 Å². The van der Waals surface area contributed by atoms with Gasteiger partial charge >= 0.3 is 0 Å². The third-order valence-corrected chi connectivity index (χ3v) is 4.14. The summed E-state index contributed by atoms with van der Waals surface area (Å²) in [7, 11) is 0. The average Bonchev–Trinajstić information content (AvgIpc) is 3.12. The van der Waals surface area contributed by atoms with E-state index in [4.69, 9.17) is 0 Å². The first-order valence-electron chi connectivity index (χ1n) is 7.52. The number of aryl methyl sites for hydroxylation is 2. The molecule has 0 bridgehead atoms. The maximum absolute atomic E-state index is 12.1. The highest BCUT2D eigenvalue weighted by molar-refractivity contribution is 6.33. The van der Waals surface area contributed by atoms with E-state index in [0.29, 0.717) is 11.3 Å². The van der Waals surface area contributed by atoms with Crippen molar-refractivity contribution in [3.63, 3.8) is 0 Å². The van der Waals surface area contributed by atoms with Gasteiger partial charge in [0.2, 0.25) is 0 Å². The predicted molar refractivity (Wildman–Crippen MR) is 84.3 cm³/mol. The topological polar surface area (TPSA) is 70.1 Å². The lowest BCUT2D eigenvalue weighted by Gasteiger charge is -2.08. The molecule has 2 aromatic rings. The Kier molecular flexibility index (Phi) is 3.11. The molecular formula is C17H16N4O. The molecule has 2 N–H and O–H groups in total. The Morgan fingerprint density at radius 2 is 2.14 bits per heavy atom. The molecule has 0 aromatic carbocycles. The summed E-state index contributed by atoms with van der Waals surface area (Å²) >= 11 is 0. The minimum absolute atomic E-state index is 0.175. The highest BCUT2D eigenvalue weighted by atomic mass is 16.2. The van der Waals surface area contributed by atoms with Crippen molar-refractivity contribution in [2.75, 3.05) is 0 Å². The van der Waals surface area contributed by atoms with E-state index in [1.807, 2.05) is 18.2 Å². The van der Waals surface area contributed by atoms with Gasteiger partial charge in [-0.05, 0) is 55.5 Å². The molecule has 0 radical (unpaired) electrons. The predicted octanol–water partition coefficient (Wildman–Crippen LogP) is 2.21. The molecule has 0 saturated carbocycles. The Labute approximate surface area is 128 Å². The lowest BCUT2D eigenvalue weighted by Crippen LogP contribution is -2.13. The normalized spacial score (nSPS) is 19.0. The largest absolute Gasteiger partial charge is 0.359 e. The Morgan fingerprint density at radius 1 is 1.23 bits per heavy atom. The molecule has 110 valence electrons. The van der Waals surface area contributed by atoms with E-state index in [2.05, 4.69) is 26.6 Å². The number of hydrogen-bond donors (Lipinski definition) is 2. The maximum Gasteiger partial charge on any atom is 0.273 e. The zero-order chi connectivity index (χ0) is 14.9. The fraction of sp³-hybridized carbons (Fsp3) is 0.235. The van der Waals surface area contributed by atoms with Crippen LogP contribution in [0.1, 0.15) is 35.4 Å². The van der Waals surface area contributed by atoms with Crippen molar-refractivity contribution in [2.24, 2.45) is 5.10 Å². The van der Waals surface area contributed by atoms with Crippen molar-refractivity contribution >= 4 is 17.7 Å². The molecule has 5 nitrogen and oxygen atoms in total. The van der Waals surface area contributed by atoms with Crippen LogP contribution in [0.3, 0.4) is 0 Å². The SMILES string of the molecule is O=C1NN=C(c2cccnc2)/C1=C\c1cc2c([nH]1)CCCC2. The molecule has 2 aliphatic rings. The van der Waals surface area contributed by atoms with E-state index in [0.717, 1.165) is 24.1 Å². The number of hydrogen-bond acceptors (Lipinski definition) is 3. The standard InChI is InChI=1S/C17H16N4O/c22-17-14(16(20-21-17)12-5-3-7-18-10-12)9-13-8-11-4-1-2-6-15(11)19-13/h3,5,7-10,19H,1-2,4,6H2,(H,21,22)/b14-9+. The number of aromatic nitrogens is 2. The van der Waals surface area contributed by atoms with Crippen LogP contribution in [0.5, 0.6) is 0 Å². The quantitative estimate of drug-likeness (QED) is 0.833. The molecule has 4 rings (SSSR count). The van der Waals surface area contributed by atoms with Gasteiger partial charge in [0, 0.05) is 29.3 Å². The van der Waals surface area contributed by atoms with Crippen molar-refractivity contribution in [3.8, 4) is 0 Å². The van der Waals surface area contributed by atoms with E-state index < -0.39 is 0 Å². The Hall–Kier alpha value is -2.69. The van der Waals surface area contributed by atoms with Gasteiger partial charge in [-0.15, -0.1) is 0 Å². The summed E-state index contributed by atoms with van der Waals surface area (Å²) in [4.78, 5) is 19.6. The molecule has 0 unspecified atom stereocenters. The van der Waals surface area contributed by atoms with Gasteiger partial charge < -0.3 is 4.98 Å². The lowest BCUT2D eigenvalue weighted by molar-refractivity contribution is -0.116. The van der Waals surface area contributed by atoms with Crippen LogP contribution >= 0.6 is 0 Å². The summed E-state index contributed by atoms with van der Waals surface area (Å²) in [5.74, 6) is -0.175. The van der Waals surface area contributed by atoms with Gasteiger partial charge in [-0.3, -0.25) is 9.78 Å². The van der Waals surface area contributed by atoms with Crippen molar-refractivity contribution in [2.45, 2.75) is 25.7 Å². The number of amides is 1. The Balaban J connectivity index is 1.72. The molecule has 0 spiro atoms. The number of rotatable bonds is 2. The molecule has 0 saturated heterocycles. The number of aromatic amines is 1. The smallest absolute Gasteiger partial charge is 0.273 e. The molecule has 1 aliphatic heterocycles. The van der Waals surface area contributed by atoms with Gasteiger partial charge in [-0.1, -0.05) is 0 Å². The molecule has 3 heterocycles. The van der Waals surface area contributed by atoms with Gasteiger partial charge in [-0.2, -0.15) is 5.10 Å². The second-order valence-corrected chi connectivity index (χ2v) is 5.64. The first kappa shape index (κ1) is 13.0. The summed E-state index contributed by atoms with van der Waals surface area (Å²) in [6.45, 7) is 0. The van der Waals surface area contributed by atoms with Gasteiger partial charge in [0.15, 0.2) is 0 Å². The number of fused-ring (bicyclic) bond motifs is 1. The van der Waals surface area contributed by atoms with Gasteiger partial charge in [-0.25, -0.2) is 5.43 Å². The zero-order valence-corrected chi connectivity index (χ0v) is 12.1. The fourth-order valence-electron chi connectivity index (χ4n) is 3.05. The van der Waals surface area contributed by atoms with Gasteiger partial charge in [0.25, 0.3) is 5.91 Å². The number of hydrazone groups is 1. The molecular weight excluding hydrogens is 276 g/mol. The van der Waals surface area contributed by atoms with Crippen molar-refractivity contribution < 1.29 is 4.79 Å². The first-order chi connectivity index (χ1) is 10.8. The average molecular weight is 292 g/mol. The molecule has 2 aromatic heterocycles. The molecule has 0 fully saturated rings. The third kappa shape index (κ3) is 2.24. The summed E-state index contributed by atoms with van der Waals surface area (Å²) in [5, 5.41) is 4.14. The van der Waals surface area contributed by atoms with Crippen LogP contribution in [0.4, 0.5) is 0 Å². The van der Waals surface area contributed by atoms with E-state index in [9.17, 15) is 4.79 Å². The summed E-state index contributed by atoms with van der Waals surface area (Å²) in [6, 6.07) is 5.89. The molecule has 0 atom stereocenters. The van der Waals surface area contributed by atoms with Crippen molar-refractivity contribution in [1.82, 2.24) is 15.4 Å². The summed E-state index contributed by atoms with van der Waals surface area (Å²) in [5.41, 5.74) is 8.24. The van der Waals surface area contributed by atoms with Crippen molar-refractivity contribution in [3.05, 3.63) is 58.7 Å². The summed E-state index contributed by atoms with van der Waals surface area (Å²) < 4.78 is 0. The monoisotopic (exact) mass is 292 g/mol. The minimum atomic E-state index is -0.175. The van der Waals surface area contributed by atoms with Crippen LogP contribution in [-0.4, -0.2) is 21.6 Å². The number of pyridine rings is 1. The number of nitrogens with one attached hydrogen (secondary N) is 2. The highest BCUT2D eigenvalue weighted by Crippen LogP contribution is 2.24. The van der Waals surface area contributed by atoms with Crippen LogP contribution < -0.4 is 5.43 Å². The molecule has 1 amide bonds. The van der Waals surface area contributed by atoms with Gasteiger partial charge in [0.05, 0.1) is 5.57 Å². The number of H-pyrrole nitrogens is 1. The Bertz CT molecular complexity index is 763. The molecule has 1 aliphatic carbocycles. The maximum atomic E-state index is 12.1. The van der Waals surface area contributed by atoms with E-state index in [1.165, 1.54) is 24.1 Å². The van der Waals surface area contributed by atoms with Crippen LogP contribution in [0, 0.1) is 0 Å².